The summed E-state index contributed by atoms with van der Waals surface area (Å²) >= 11 is 0. The largest absolute Gasteiger partial charge is 0.463 e. The van der Waals surface area contributed by atoms with Crippen LogP contribution in [0.25, 0.3) is 6.08 Å². The van der Waals surface area contributed by atoms with Crippen molar-refractivity contribution in [3.8, 4) is 0 Å². The van der Waals surface area contributed by atoms with E-state index >= 15 is 0 Å². The number of hydrogen-bond donors (Lipinski definition) is 1. The number of ether oxygens (including phenoxy) is 1. The minimum Gasteiger partial charge on any atom is -0.463 e. The molecule has 1 aromatic carbocycles. The van der Waals surface area contributed by atoms with E-state index in [0.717, 1.165) is 12.8 Å². The van der Waals surface area contributed by atoms with Gasteiger partial charge in [0.15, 0.2) is 0 Å². The Kier molecular flexibility index (Phi) is 6.11. The summed E-state index contributed by atoms with van der Waals surface area (Å²) < 4.78 is 37.3. The first-order chi connectivity index (χ1) is 9.77. The maximum Gasteiger partial charge on any atom is 0.330 e. The van der Waals surface area contributed by atoms with Crippen molar-refractivity contribution in [2.45, 2.75) is 38.5 Å². The second kappa shape index (κ2) is 7.38. The fourth-order valence-electron chi connectivity index (χ4n) is 1.87. The van der Waals surface area contributed by atoms with Gasteiger partial charge in [0.2, 0.25) is 0 Å². The zero-order valence-corrected chi connectivity index (χ0v) is 13.2. The molecule has 0 aliphatic carbocycles. The van der Waals surface area contributed by atoms with E-state index in [1.165, 1.54) is 12.2 Å². The van der Waals surface area contributed by atoms with Crippen LogP contribution in [0, 0.1) is 13.8 Å². The lowest BCUT2D eigenvalue weighted by Gasteiger charge is -2.10. The Balaban J connectivity index is 3.08. The molecule has 116 valence electrons. The SMILES string of the molecule is CCCCOC(=O)/C=C/c1c(C)ccc(C)c1S(=O)(=O)O. The number of benzene rings is 1. The smallest absolute Gasteiger partial charge is 0.330 e. The van der Waals surface area contributed by atoms with Gasteiger partial charge in [-0.05, 0) is 43.0 Å². The summed E-state index contributed by atoms with van der Waals surface area (Å²) in [6.45, 7) is 5.60. The molecule has 6 heteroatoms. The molecule has 0 aliphatic heterocycles. The molecular formula is C15H20O5S. The van der Waals surface area contributed by atoms with Crippen molar-refractivity contribution in [1.29, 1.82) is 0 Å². The monoisotopic (exact) mass is 312 g/mol. The van der Waals surface area contributed by atoms with Gasteiger partial charge >= 0.3 is 5.97 Å². The molecule has 0 atom stereocenters. The lowest BCUT2D eigenvalue weighted by molar-refractivity contribution is -0.137. The Bertz CT molecular complexity index is 644. The molecule has 0 saturated heterocycles. The van der Waals surface area contributed by atoms with Crippen LogP contribution in [0.1, 0.15) is 36.5 Å². The van der Waals surface area contributed by atoms with Gasteiger partial charge in [-0.25, -0.2) is 4.79 Å². The number of esters is 1. The van der Waals surface area contributed by atoms with Gasteiger partial charge in [-0.1, -0.05) is 25.5 Å². The highest BCUT2D eigenvalue weighted by Crippen LogP contribution is 2.24. The fraction of sp³-hybridized carbons (Fsp3) is 0.400. The average Bonchev–Trinajstić information content (AvgIpc) is 2.38. The number of carbonyl (C=O) groups is 1. The van der Waals surface area contributed by atoms with Crippen molar-refractivity contribution in [2.24, 2.45) is 0 Å². The molecule has 21 heavy (non-hydrogen) atoms. The molecule has 5 nitrogen and oxygen atoms in total. The predicted molar refractivity (Wildman–Crippen MR) is 80.6 cm³/mol. The summed E-state index contributed by atoms with van der Waals surface area (Å²) in [7, 11) is -4.36. The van der Waals surface area contributed by atoms with Gasteiger partial charge in [-0.3, -0.25) is 4.55 Å². The Labute approximate surface area is 125 Å². The Morgan fingerprint density at radius 1 is 1.29 bits per heavy atom. The van der Waals surface area contributed by atoms with Gasteiger partial charge in [-0.2, -0.15) is 8.42 Å². The molecular weight excluding hydrogens is 292 g/mol. The van der Waals surface area contributed by atoms with E-state index in [4.69, 9.17) is 4.74 Å². The van der Waals surface area contributed by atoms with Crippen molar-refractivity contribution in [2.75, 3.05) is 6.61 Å². The van der Waals surface area contributed by atoms with Crippen LogP contribution in [0.4, 0.5) is 0 Å². The first-order valence-electron chi connectivity index (χ1n) is 6.70. The normalized spacial score (nSPS) is 11.8. The molecule has 0 fully saturated rings. The fourth-order valence-corrected chi connectivity index (χ4v) is 2.85. The molecule has 0 saturated carbocycles. The van der Waals surface area contributed by atoms with Gasteiger partial charge in [0.25, 0.3) is 10.1 Å². The summed E-state index contributed by atoms with van der Waals surface area (Å²) in [5, 5.41) is 0. The highest BCUT2D eigenvalue weighted by molar-refractivity contribution is 7.86. The summed E-state index contributed by atoms with van der Waals surface area (Å²) in [5.74, 6) is -0.536. The topological polar surface area (TPSA) is 80.7 Å². The van der Waals surface area contributed by atoms with Crippen LogP contribution in [0.3, 0.4) is 0 Å². The lowest BCUT2D eigenvalue weighted by Crippen LogP contribution is -2.06. The van der Waals surface area contributed by atoms with Crippen LogP contribution in [0.5, 0.6) is 0 Å². The van der Waals surface area contributed by atoms with E-state index in [-0.39, 0.29) is 4.90 Å². The summed E-state index contributed by atoms with van der Waals surface area (Å²) in [6.07, 6.45) is 4.23. The van der Waals surface area contributed by atoms with Gasteiger partial charge < -0.3 is 4.74 Å². The molecule has 0 amide bonds. The quantitative estimate of drug-likeness (QED) is 0.378. The minimum atomic E-state index is -4.36. The molecule has 0 aliphatic rings. The molecule has 0 radical (unpaired) electrons. The van der Waals surface area contributed by atoms with E-state index in [1.807, 2.05) is 6.92 Å². The Morgan fingerprint density at radius 2 is 1.90 bits per heavy atom. The van der Waals surface area contributed by atoms with Crippen LogP contribution < -0.4 is 0 Å². The van der Waals surface area contributed by atoms with E-state index in [2.05, 4.69) is 0 Å². The second-order valence-electron chi connectivity index (χ2n) is 4.77. The zero-order valence-electron chi connectivity index (χ0n) is 12.4. The number of carbonyl (C=O) groups excluding carboxylic acids is 1. The van der Waals surface area contributed by atoms with Gasteiger partial charge in [0.1, 0.15) is 4.90 Å². The summed E-state index contributed by atoms with van der Waals surface area (Å²) in [5.41, 5.74) is 1.36. The van der Waals surface area contributed by atoms with Crippen LogP contribution >= 0.6 is 0 Å². The average molecular weight is 312 g/mol. The zero-order chi connectivity index (χ0) is 16.0. The van der Waals surface area contributed by atoms with Crippen molar-refractivity contribution in [3.63, 3.8) is 0 Å². The van der Waals surface area contributed by atoms with Crippen LogP contribution in [-0.4, -0.2) is 25.5 Å². The minimum absolute atomic E-state index is 0.180. The highest BCUT2D eigenvalue weighted by Gasteiger charge is 2.18. The third-order valence-electron chi connectivity index (χ3n) is 3.00. The number of hydrogen-bond acceptors (Lipinski definition) is 4. The van der Waals surface area contributed by atoms with E-state index in [1.54, 1.807) is 26.0 Å². The van der Waals surface area contributed by atoms with Crippen LogP contribution in [0.15, 0.2) is 23.1 Å². The lowest BCUT2D eigenvalue weighted by atomic mass is 10.0. The van der Waals surface area contributed by atoms with Crippen molar-refractivity contribution < 1.29 is 22.5 Å². The Morgan fingerprint density at radius 3 is 2.48 bits per heavy atom. The third kappa shape index (κ3) is 4.99. The van der Waals surface area contributed by atoms with E-state index in [9.17, 15) is 17.8 Å². The molecule has 1 aromatic rings. The number of unbranched alkanes of at least 4 members (excludes halogenated alkanes) is 1. The van der Waals surface area contributed by atoms with Crippen LogP contribution in [0.2, 0.25) is 0 Å². The van der Waals surface area contributed by atoms with Gasteiger partial charge in [0, 0.05) is 6.08 Å². The molecule has 0 unspecified atom stereocenters. The molecule has 1 rings (SSSR count). The molecule has 0 bridgehead atoms. The van der Waals surface area contributed by atoms with Gasteiger partial charge in [0.05, 0.1) is 6.61 Å². The maximum atomic E-state index is 11.5. The summed E-state index contributed by atoms with van der Waals surface area (Å²) in [6, 6.07) is 3.33. The molecule has 0 spiro atoms. The predicted octanol–water partition coefficient (Wildman–Crippen LogP) is 2.91. The molecule has 0 heterocycles. The third-order valence-corrected chi connectivity index (χ3v) is 4.05. The van der Waals surface area contributed by atoms with Crippen molar-refractivity contribution >= 4 is 22.2 Å². The first kappa shape index (κ1) is 17.4. The van der Waals surface area contributed by atoms with E-state index < -0.39 is 16.1 Å². The second-order valence-corrected chi connectivity index (χ2v) is 6.13. The maximum absolute atomic E-state index is 11.5. The first-order valence-corrected chi connectivity index (χ1v) is 8.14. The molecule has 1 N–H and O–H groups in total. The highest BCUT2D eigenvalue weighted by atomic mass is 32.2. The standard InChI is InChI=1S/C15H20O5S/c1-4-5-10-20-14(16)9-8-13-11(2)6-7-12(3)15(13)21(17,18)19/h6-9H,4-5,10H2,1-3H3,(H,17,18,19)/b9-8+. The van der Waals surface area contributed by atoms with Gasteiger partial charge in [-0.15, -0.1) is 0 Å². The summed E-state index contributed by atoms with van der Waals surface area (Å²) in [4.78, 5) is 11.3. The molecule has 0 aromatic heterocycles. The number of aryl methyl sites for hydroxylation is 2. The van der Waals surface area contributed by atoms with Crippen LogP contribution in [-0.2, 0) is 19.6 Å². The van der Waals surface area contributed by atoms with E-state index in [0.29, 0.717) is 23.3 Å². The van der Waals surface area contributed by atoms with Crippen molar-refractivity contribution in [3.05, 3.63) is 34.9 Å². The van der Waals surface area contributed by atoms with Crippen molar-refractivity contribution in [1.82, 2.24) is 0 Å². The Hall–Kier alpha value is -1.66. The number of rotatable bonds is 6.